The molecule has 1 aromatic heterocycles. The van der Waals surface area contributed by atoms with Gasteiger partial charge in [-0.2, -0.15) is 0 Å². The summed E-state index contributed by atoms with van der Waals surface area (Å²) in [5, 5.41) is 8.39. The van der Waals surface area contributed by atoms with Gasteiger partial charge in [0.25, 0.3) is 0 Å². The number of nitrogens with one attached hydrogen (secondary N) is 2. The molecule has 0 bridgehead atoms. The highest BCUT2D eigenvalue weighted by molar-refractivity contribution is 7.80. The maximum atomic E-state index is 12.1. The molecule has 1 heterocycles. The quantitative estimate of drug-likeness (QED) is 0.496. The Morgan fingerprint density at radius 2 is 2.08 bits per heavy atom. The number of nitrogens with zero attached hydrogens (tertiary/aromatic N) is 1. The van der Waals surface area contributed by atoms with E-state index >= 15 is 0 Å². The minimum atomic E-state index is -0.525. The topological polar surface area (TPSA) is 80.0 Å². The molecule has 2 rings (SSSR count). The highest BCUT2D eigenvalue weighted by atomic mass is 32.1. The second kappa shape index (κ2) is 9.46. The van der Waals surface area contributed by atoms with Crippen LogP contribution in [0.5, 0.6) is 0 Å². The van der Waals surface area contributed by atoms with Crippen molar-refractivity contribution in [3.63, 3.8) is 0 Å². The number of carbonyl (C=O) groups excluding carboxylic acids is 1. The summed E-state index contributed by atoms with van der Waals surface area (Å²) in [6.07, 6.45) is 2.45. The average Bonchev–Trinajstić information content (AvgIpc) is 3.03. The van der Waals surface area contributed by atoms with Crippen molar-refractivity contribution in [2.45, 2.75) is 32.2 Å². The SMILES string of the molecule is CC(=S)NCCCC[C@H](N)C(=O)Nc1nc(-c2ccccc2)cs1. The second-order valence-electron chi connectivity index (χ2n) is 5.48. The normalized spacial score (nSPS) is 11.8. The highest BCUT2D eigenvalue weighted by Crippen LogP contribution is 2.24. The first kappa shape index (κ1) is 18.5. The Bertz CT molecular complexity index is 672. The van der Waals surface area contributed by atoms with E-state index in [2.05, 4.69) is 15.6 Å². The van der Waals surface area contributed by atoms with Crippen molar-refractivity contribution in [2.75, 3.05) is 11.9 Å². The van der Waals surface area contributed by atoms with Crippen molar-refractivity contribution < 1.29 is 4.79 Å². The van der Waals surface area contributed by atoms with Gasteiger partial charge in [-0.1, -0.05) is 42.5 Å². The lowest BCUT2D eigenvalue weighted by Gasteiger charge is -2.10. The number of aromatic nitrogens is 1. The number of benzene rings is 1. The van der Waals surface area contributed by atoms with Gasteiger partial charge in [0.1, 0.15) is 0 Å². The van der Waals surface area contributed by atoms with Gasteiger partial charge in [0.05, 0.1) is 16.7 Å². The van der Waals surface area contributed by atoms with Crippen molar-refractivity contribution in [1.82, 2.24) is 10.3 Å². The van der Waals surface area contributed by atoms with Gasteiger partial charge >= 0.3 is 0 Å². The lowest BCUT2D eigenvalue weighted by molar-refractivity contribution is -0.117. The number of rotatable bonds is 8. The number of amides is 1. The molecule has 128 valence electrons. The van der Waals surface area contributed by atoms with E-state index in [0.29, 0.717) is 11.6 Å². The van der Waals surface area contributed by atoms with Crippen LogP contribution in [-0.2, 0) is 4.79 Å². The van der Waals surface area contributed by atoms with E-state index in [1.807, 2.05) is 42.6 Å². The number of anilines is 1. The maximum absolute atomic E-state index is 12.1. The molecule has 0 saturated heterocycles. The largest absolute Gasteiger partial charge is 0.380 e. The van der Waals surface area contributed by atoms with Gasteiger partial charge in [-0.15, -0.1) is 11.3 Å². The first-order valence-electron chi connectivity index (χ1n) is 7.88. The average molecular weight is 363 g/mol. The number of unbranched alkanes of at least 4 members (excludes halogenated alkanes) is 1. The summed E-state index contributed by atoms with van der Waals surface area (Å²) in [6, 6.07) is 9.33. The van der Waals surface area contributed by atoms with Crippen molar-refractivity contribution in [1.29, 1.82) is 0 Å². The molecule has 0 unspecified atom stereocenters. The van der Waals surface area contributed by atoms with Crippen LogP contribution in [0.1, 0.15) is 26.2 Å². The van der Waals surface area contributed by atoms with E-state index in [0.717, 1.165) is 35.6 Å². The van der Waals surface area contributed by atoms with Crippen molar-refractivity contribution >= 4 is 39.6 Å². The lowest BCUT2D eigenvalue weighted by Crippen LogP contribution is -2.35. The van der Waals surface area contributed by atoms with Gasteiger partial charge in [0.15, 0.2) is 5.13 Å². The monoisotopic (exact) mass is 362 g/mol. The fourth-order valence-corrected chi connectivity index (χ4v) is 2.98. The van der Waals surface area contributed by atoms with E-state index in [-0.39, 0.29) is 5.91 Å². The molecule has 5 nitrogen and oxygen atoms in total. The molecule has 0 radical (unpaired) electrons. The first-order chi connectivity index (χ1) is 11.6. The number of nitrogens with two attached hydrogens (primary N) is 1. The van der Waals surface area contributed by atoms with E-state index in [1.54, 1.807) is 0 Å². The second-order valence-corrected chi connectivity index (χ2v) is 6.95. The van der Waals surface area contributed by atoms with Crippen LogP contribution >= 0.6 is 23.6 Å². The number of thiazole rings is 1. The maximum Gasteiger partial charge on any atom is 0.243 e. The van der Waals surface area contributed by atoms with E-state index < -0.39 is 6.04 Å². The molecule has 1 atom stereocenters. The molecule has 2 aromatic rings. The van der Waals surface area contributed by atoms with Crippen LogP contribution in [0, 0.1) is 0 Å². The number of carbonyl (C=O) groups is 1. The number of hydrogen-bond donors (Lipinski definition) is 3. The molecule has 0 aliphatic heterocycles. The standard InChI is InChI=1S/C17H22N4OS2/c1-12(23)19-10-6-5-9-14(18)16(22)21-17-20-15(11-24-17)13-7-3-2-4-8-13/h2-4,7-8,11,14H,5-6,9-10,18H2,1H3,(H,19,23)(H,20,21,22)/t14-/m0/s1. The molecular formula is C17H22N4OS2. The third kappa shape index (κ3) is 5.99. The van der Waals surface area contributed by atoms with Gasteiger partial charge in [-0.05, 0) is 26.2 Å². The van der Waals surface area contributed by atoms with Gasteiger partial charge < -0.3 is 16.4 Å². The van der Waals surface area contributed by atoms with Gasteiger partial charge in [-0.25, -0.2) is 4.98 Å². The molecule has 0 spiro atoms. The van der Waals surface area contributed by atoms with Gasteiger partial charge in [-0.3, -0.25) is 4.79 Å². The van der Waals surface area contributed by atoms with Crippen molar-refractivity contribution in [2.24, 2.45) is 5.73 Å². The lowest BCUT2D eigenvalue weighted by atomic mass is 10.1. The Hall–Kier alpha value is -1.83. The Balaban J connectivity index is 1.77. The first-order valence-corrected chi connectivity index (χ1v) is 9.17. The molecule has 7 heteroatoms. The zero-order valence-electron chi connectivity index (χ0n) is 13.6. The van der Waals surface area contributed by atoms with Crippen LogP contribution in [0.25, 0.3) is 11.3 Å². The van der Waals surface area contributed by atoms with E-state index in [4.69, 9.17) is 18.0 Å². The summed E-state index contributed by atoms with van der Waals surface area (Å²) >= 11 is 6.35. The van der Waals surface area contributed by atoms with Gasteiger partial charge in [0.2, 0.25) is 5.91 Å². The fraction of sp³-hybridized carbons (Fsp3) is 0.353. The Morgan fingerprint density at radius 1 is 1.33 bits per heavy atom. The molecule has 0 aliphatic rings. The fourth-order valence-electron chi connectivity index (χ4n) is 2.16. The molecule has 4 N–H and O–H groups in total. The molecular weight excluding hydrogens is 340 g/mol. The van der Waals surface area contributed by atoms with Crippen LogP contribution in [-0.4, -0.2) is 28.5 Å². The van der Waals surface area contributed by atoms with E-state index in [1.165, 1.54) is 11.3 Å². The minimum absolute atomic E-state index is 0.192. The predicted molar refractivity (Wildman–Crippen MR) is 104 cm³/mol. The van der Waals surface area contributed by atoms with Crippen LogP contribution in [0.4, 0.5) is 5.13 Å². The Kier molecular flexibility index (Phi) is 7.30. The van der Waals surface area contributed by atoms with Crippen molar-refractivity contribution in [3.8, 4) is 11.3 Å². The Morgan fingerprint density at radius 3 is 2.79 bits per heavy atom. The van der Waals surface area contributed by atoms with E-state index in [9.17, 15) is 4.79 Å². The molecule has 0 fully saturated rings. The molecule has 1 aromatic carbocycles. The molecule has 1 amide bonds. The van der Waals surface area contributed by atoms with Gasteiger partial charge in [0, 0.05) is 17.5 Å². The number of thiocarbonyl (C=S) groups is 1. The van der Waals surface area contributed by atoms with Crippen LogP contribution in [0.15, 0.2) is 35.7 Å². The van der Waals surface area contributed by atoms with Crippen LogP contribution in [0.2, 0.25) is 0 Å². The third-order valence-electron chi connectivity index (χ3n) is 3.46. The molecule has 0 aliphatic carbocycles. The predicted octanol–water partition coefficient (Wildman–Crippen LogP) is 3.18. The van der Waals surface area contributed by atoms with Crippen molar-refractivity contribution in [3.05, 3.63) is 35.7 Å². The molecule has 24 heavy (non-hydrogen) atoms. The zero-order valence-corrected chi connectivity index (χ0v) is 15.3. The summed E-state index contributed by atoms with van der Waals surface area (Å²) in [7, 11) is 0. The summed E-state index contributed by atoms with van der Waals surface area (Å²) in [6.45, 7) is 2.67. The highest BCUT2D eigenvalue weighted by Gasteiger charge is 2.15. The zero-order chi connectivity index (χ0) is 17.4. The summed E-state index contributed by atoms with van der Waals surface area (Å²) in [5.41, 5.74) is 7.82. The van der Waals surface area contributed by atoms with Crippen LogP contribution in [0.3, 0.4) is 0 Å². The summed E-state index contributed by atoms with van der Waals surface area (Å²) in [5.74, 6) is -0.192. The molecule has 0 saturated carbocycles. The number of hydrogen-bond acceptors (Lipinski definition) is 5. The Labute approximate surface area is 151 Å². The van der Waals surface area contributed by atoms with Crippen LogP contribution < -0.4 is 16.4 Å². The smallest absolute Gasteiger partial charge is 0.243 e. The summed E-state index contributed by atoms with van der Waals surface area (Å²) < 4.78 is 0. The minimum Gasteiger partial charge on any atom is -0.380 e. The summed E-state index contributed by atoms with van der Waals surface area (Å²) in [4.78, 5) is 17.4. The third-order valence-corrected chi connectivity index (χ3v) is 4.36.